The third kappa shape index (κ3) is 3.30. The minimum Gasteiger partial charge on any atom is -0.348 e. The monoisotopic (exact) mass is 344 g/mol. The summed E-state index contributed by atoms with van der Waals surface area (Å²) in [6.45, 7) is 0.509. The first kappa shape index (κ1) is 15.5. The van der Waals surface area contributed by atoms with Gasteiger partial charge in [0.05, 0.1) is 21.5 Å². The Morgan fingerprint density at radius 1 is 0.960 bits per heavy atom. The summed E-state index contributed by atoms with van der Waals surface area (Å²) in [5.41, 5.74) is 4.44. The molecule has 1 N–H and O–H groups in total. The summed E-state index contributed by atoms with van der Waals surface area (Å²) in [6.07, 6.45) is 0. The Bertz CT molecular complexity index is 1010. The van der Waals surface area contributed by atoms with Crippen LogP contribution in [0, 0.1) is 0 Å². The molecule has 0 saturated carbocycles. The molecule has 0 aliphatic heterocycles. The topological polar surface area (TPSA) is 42.0 Å². The Kier molecular flexibility index (Phi) is 4.27. The van der Waals surface area contributed by atoms with Crippen LogP contribution in [0.15, 0.2) is 78.2 Å². The van der Waals surface area contributed by atoms with Crippen molar-refractivity contribution in [2.24, 2.45) is 0 Å². The Balaban J connectivity index is 1.68. The molecule has 0 aliphatic carbocycles. The van der Waals surface area contributed by atoms with Crippen molar-refractivity contribution < 1.29 is 4.79 Å². The van der Waals surface area contributed by atoms with Crippen molar-refractivity contribution in [3.05, 3.63) is 89.3 Å². The SMILES string of the molecule is O=C(NCc1ccccc1)c1cc(-c2ccccc2)nc2ccsc12. The summed E-state index contributed by atoms with van der Waals surface area (Å²) in [7, 11) is 0. The molecule has 0 spiro atoms. The molecule has 0 atom stereocenters. The van der Waals surface area contributed by atoms with Crippen LogP contribution < -0.4 is 5.32 Å². The summed E-state index contributed by atoms with van der Waals surface area (Å²) in [5.74, 6) is -0.0733. The lowest BCUT2D eigenvalue weighted by Crippen LogP contribution is -2.23. The van der Waals surface area contributed by atoms with E-state index in [0.29, 0.717) is 12.1 Å². The van der Waals surface area contributed by atoms with E-state index in [1.165, 1.54) is 0 Å². The van der Waals surface area contributed by atoms with Gasteiger partial charge in [-0.1, -0.05) is 60.7 Å². The maximum absolute atomic E-state index is 12.8. The van der Waals surface area contributed by atoms with Crippen molar-refractivity contribution in [2.45, 2.75) is 6.54 Å². The largest absolute Gasteiger partial charge is 0.348 e. The maximum Gasteiger partial charge on any atom is 0.253 e. The van der Waals surface area contributed by atoms with E-state index in [1.54, 1.807) is 11.3 Å². The van der Waals surface area contributed by atoms with Crippen molar-refractivity contribution in [3.8, 4) is 11.3 Å². The molecule has 4 aromatic rings. The van der Waals surface area contributed by atoms with Gasteiger partial charge in [-0.25, -0.2) is 4.98 Å². The van der Waals surface area contributed by atoms with Gasteiger partial charge in [0.1, 0.15) is 0 Å². The number of carbonyl (C=O) groups excluding carboxylic acids is 1. The maximum atomic E-state index is 12.8. The highest BCUT2D eigenvalue weighted by atomic mass is 32.1. The number of amides is 1. The lowest BCUT2D eigenvalue weighted by Gasteiger charge is -2.09. The fraction of sp³-hybridized carbons (Fsp3) is 0.0476. The Morgan fingerprint density at radius 2 is 1.68 bits per heavy atom. The molecule has 4 heteroatoms. The van der Waals surface area contributed by atoms with E-state index < -0.39 is 0 Å². The second-order valence-electron chi connectivity index (χ2n) is 5.72. The van der Waals surface area contributed by atoms with Crippen molar-refractivity contribution in [2.75, 3.05) is 0 Å². The number of pyridine rings is 1. The summed E-state index contributed by atoms with van der Waals surface area (Å²) < 4.78 is 0.922. The highest BCUT2D eigenvalue weighted by molar-refractivity contribution is 7.17. The van der Waals surface area contributed by atoms with Gasteiger partial charge in [0.25, 0.3) is 5.91 Å². The summed E-state index contributed by atoms with van der Waals surface area (Å²) in [5, 5.41) is 4.99. The highest BCUT2D eigenvalue weighted by Crippen LogP contribution is 2.28. The number of fused-ring (bicyclic) bond motifs is 1. The van der Waals surface area contributed by atoms with E-state index in [0.717, 1.165) is 27.0 Å². The third-order valence-electron chi connectivity index (χ3n) is 4.02. The zero-order valence-corrected chi connectivity index (χ0v) is 14.3. The van der Waals surface area contributed by atoms with Gasteiger partial charge in [0.2, 0.25) is 0 Å². The van der Waals surface area contributed by atoms with Crippen LogP contribution in [-0.2, 0) is 6.54 Å². The average molecular weight is 344 g/mol. The number of rotatable bonds is 4. The summed E-state index contributed by atoms with van der Waals surface area (Å²) in [6, 6.07) is 23.7. The first-order valence-corrected chi connectivity index (χ1v) is 8.95. The molecule has 3 nitrogen and oxygen atoms in total. The molecule has 2 aromatic heterocycles. The first-order chi connectivity index (χ1) is 12.3. The first-order valence-electron chi connectivity index (χ1n) is 8.07. The minimum atomic E-state index is -0.0733. The van der Waals surface area contributed by atoms with Gasteiger partial charge in [-0.3, -0.25) is 4.79 Å². The highest BCUT2D eigenvalue weighted by Gasteiger charge is 2.14. The quantitative estimate of drug-likeness (QED) is 0.572. The number of hydrogen-bond donors (Lipinski definition) is 1. The third-order valence-corrected chi connectivity index (χ3v) is 4.96. The molecule has 2 heterocycles. The van der Waals surface area contributed by atoms with Crippen molar-refractivity contribution in [1.29, 1.82) is 0 Å². The predicted octanol–water partition coefficient (Wildman–Crippen LogP) is 4.89. The molecule has 1 amide bonds. The predicted molar refractivity (Wildman–Crippen MR) is 103 cm³/mol. The summed E-state index contributed by atoms with van der Waals surface area (Å²) in [4.78, 5) is 17.5. The van der Waals surface area contributed by atoms with Crippen LogP contribution in [-0.4, -0.2) is 10.9 Å². The normalized spacial score (nSPS) is 10.7. The number of benzene rings is 2. The lowest BCUT2D eigenvalue weighted by atomic mass is 10.1. The summed E-state index contributed by atoms with van der Waals surface area (Å²) >= 11 is 1.54. The molecule has 0 bridgehead atoms. The number of carbonyl (C=O) groups is 1. The molecule has 0 aliphatic rings. The van der Waals surface area contributed by atoms with Gasteiger partial charge in [0, 0.05) is 12.1 Å². The van der Waals surface area contributed by atoms with Crippen LogP contribution in [0.4, 0.5) is 0 Å². The lowest BCUT2D eigenvalue weighted by molar-refractivity contribution is 0.0952. The molecule has 0 fully saturated rings. The van der Waals surface area contributed by atoms with Gasteiger partial charge in [-0.2, -0.15) is 0 Å². The molecule has 0 unspecified atom stereocenters. The molecular weight excluding hydrogens is 328 g/mol. The van der Waals surface area contributed by atoms with E-state index >= 15 is 0 Å². The van der Waals surface area contributed by atoms with Crippen LogP contribution in [0.1, 0.15) is 15.9 Å². The van der Waals surface area contributed by atoms with Crippen molar-refractivity contribution in [1.82, 2.24) is 10.3 Å². The van der Waals surface area contributed by atoms with Gasteiger partial charge in [-0.15, -0.1) is 11.3 Å². The van der Waals surface area contributed by atoms with E-state index in [9.17, 15) is 4.79 Å². The molecule has 0 saturated heterocycles. The van der Waals surface area contributed by atoms with Crippen LogP contribution in [0.3, 0.4) is 0 Å². The van der Waals surface area contributed by atoms with E-state index in [-0.39, 0.29) is 5.91 Å². The zero-order valence-electron chi connectivity index (χ0n) is 13.5. The Labute approximate surface area is 150 Å². The smallest absolute Gasteiger partial charge is 0.253 e. The zero-order chi connectivity index (χ0) is 17.1. The van der Waals surface area contributed by atoms with Crippen molar-refractivity contribution in [3.63, 3.8) is 0 Å². The Hall–Kier alpha value is -2.98. The molecule has 4 rings (SSSR count). The number of nitrogens with zero attached hydrogens (tertiary/aromatic N) is 1. The molecule has 25 heavy (non-hydrogen) atoms. The van der Waals surface area contributed by atoms with Gasteiger partial charge >= 0.3 is 0 Å². The van der Waals surface area contributed by atoms with E-state index in [2.05, 4.69) is 5.32 Å². The number of thiophene rings is 1. The molecule has 0 radical (unpaired) electrons. The van der Waals surface area contributed by atoms with Crippen LogP contribution >= 0.6 is 11.3 Å². The van der Waals surface area contributed by atoms with Crippen LogP contribution in [0.25, 0.3) is 21.5 Å². The molecular formula is C21H16N2OS. The van der Waals surface area contributed by atoms with Gasteiger partial charge in [-0.05, 0) is 23.1 Å². The Morgan fingerprint density at radius 3 is 2.44 bits per heavy atom. The minimum absolute atomic E-state index is 0.0733. The van der Waals surface area contributed by atoms with E-state index in [1.807, 2.05) is 78.2 Å². The number of nitrogens with one attached hydrogen (secondary N) is 1. The fourth-order valence-corrected chi connectivity index (χ4v) is 3.60. The molecule has 2 aromatic carbocycles. The van der Waals surface area contributed by atoms with E-state index in [4.69, 9.17) is 4.98 Å². The standard InChI is InChI=1S/C21H16N2OS/c24-21(22-14-15-7-3-1-4-8-15)17-13-19(16-9-5-2-6-10-16)23-18-11-12-25-20(17)18/h1-13H,14H2,(H,22,24). The second-order valence-corrected chi connectivity index (χ2v) is 6.64. The number of aromatic nitrogens is 1. The number of hydrogen-bond acceptors (Lipinski definition) is 3. The van der Waals surface area contributed by atoms with Crippen LogP contribution in [0.5, 0.6) is 0 Å². The fourth-order valence-electron chi connectivity index (χ4n) is 2.76. The van der Waals surface area contributed by atoms with Crippen LogP contribution in [0.2, 0.25) is 0 Å². The second kappa shape index (κ2) is 6.87. The average Bonchev–Trinajstić information content (AvgIpc) is 3.15. The van der Waals surface area contributed by atoms with Gasteiger partial charge in [0.15, 0.2) is 0 Å². The van der Waals surface area contributed by atoms with Crippen molar-refractivity contribution >= 4 is 27.5 Å². The molecule has 122 valence electrons. The van der Waals surface area contributed by atoms with Gasteiger partial charge < -0.3 is 5.32 Å².